The Morgan fingerprint density at radius 1 is 1.22 bits per heavy atom. The lowest BCUT2D eigenvalue weighted by Crippen LogP contribution is -2.27. The van der Waals surface area contributed by atoms with Gasteiger partial charge in [0.2, 0.25) is 0 Å². The quantitative estimate of drug-likeness (QED) is 0.400. The highest BCUT2D eigenvalue weighted by molar-refractivity contribution is 7.19. The van der Waals surface area contributed by atoms with Crippen molar-refractivity contribution in [2.24, 2.45) is 0 Å². The van der Waals surface area contributed by atoms with Gasteiger partial charge in [0.05, 0.1) is 6.04 Å². The highest BCUT2D eigenvalue weighted by Crippen LogP contribution is 2.42. The summed E-state index contributed by atoms with van der Waals surface area (Å²) < 4.78 is 2.61. The minimum absolute atomic E-state index is 0.145. The van der Waals surface area contributed by atoms with Gasteiger partial charge in [-0.15, -0.1) is 22.9 Å². The van der Waals surface area contributed by atoms with Crippen molar-refractivity contribution in [1.29, 1.82) is 0 Å². The van der Waals surface area contributed by atoms with Crippen LogP contribution in [0.15, 0.2) is 67.0 Å². The van der Waals surface area contributed by atoms with E-state index in [1.807, 2.05) is 43.3 Å². The SMILES string of the molecule is C#Cc1ccc2sc(C(C)NC(=O)c3c(N)nn4cccnc34)c(-c3ccccc3)c2c1. The van der Waals surface area contributed by atoms with Crippen LogP contribution in [-0.2, 0) is 0 Å². The van der Waals surface area contributed by atoms with Gasteiger partial charge in [-0.05, 0) is 36.8 Å². The lowest BCUT2D eigenvalue weighted by molar-refractivity contribution is 0.0943. The van der Waals surface area contributed by atoms with Gasteiger partial charge in [-0.3, -0.25) is 4.79 Å². The first-order valence-corrected chi connectivity index (χ1v) is 10.9. The molecule has 0 saturated carbocycles. The summed E-state index contributed by atoms with van der Waals surface area (Å²) in [7, 11) is 0. The van der Waals surface area contributed by atoms with Crippen molar-refractivity contribution >= 4 is 38.8 Å². The molecule has 0 aliphatic carbocycles. The molecule has 0 radical (unpaired) electrons. The standard InChI is InChI=1S/C25H19N5OS/c1-3-16-10-11-19-18(14-16)20(17-8-5-4-6-9-17)22(32-19)15(2)28-25(31)21-23(26)29-30-13-7-12-27-24(21)30/h1,4-15H,2H3,(H2,26,29)(H,28,31). The number of carbonyl (C=O) groups is 1. The van der Waals surface area contributed by atoms with Gasteiger partial charge < -0.3 is 11.1 Å². The molecule has 3 N–H and O–H groups in total. The molecule has 3 heterocycles. The van der Waals surface area contributed by atoms with Gasteiger partial charge in [0.1, 0.15) is 5.56 Å². The molecule has 0 fully saturated rings. The molecule has 3 aromatic heterocycles. The van der Waals surface area contributed by atoms with Crippen molar-refractivity contribution in [3.05, 3.63) is 83.0 Å². The molecule has 0 bridgehead atoms. The largest absolute Gasteiger partial charge is 0.381 e. The molecule has 32 heavy (non-hydrogen) atoms. The fourth-order valence-electron chi connectivity index (χ4n) is 3.87. The molecule has 0 spiro atoms. The van der Waals surface area contributed by atoms with Crippen molar-refractivity contribution < 1.29 is 4.79 Å². The monoisotopic (exact) mass is 437 g/mol. The molecule has 2 aromatic carbocycles. The molecule has 1 atom stereocenters. The number of carbonyl (C=O) groups excluding carboxylic acids is 1. The molecule has 1 amide bonds. The molecule has 0 aliphatic heterocycles. The number of benzene rings is 2. The third-order valence-corrected chi connectivity index (χ3v) is 6.69. The average Bonchev–Trinajstić information content (AvgIpc) is 3.36. The molecule has 7 heteroatoms. The summed E-state index contributed by atoms with van der Waals surface area (Å²) in [5, 5.41) is 8.35. The Labute approximate surface area is 188 Å². The minimum atomic E-state index is -0.315. The first-order valence-electron chi connectivity index (χ1n) is 10.0. The van der Waals surface area contributed by atoms with Crippen LogP contribution in [0.3, 0.4) is 0 Å². The smallest absolute Gasteiger partial charge is 0.259 e. The van der Waals surface area contributed by atoms with Crippen LogP contribution in [0.1, 0.15) is 33.8 Å². The number of anilines is 1. The van der Waals surface area contributed by atoms with Crippen molar-refractivity contribution in [2.45, 2.75) is 13.0 Å². The molecule has 0 saturated heterocycles. The van der Waals surface area contributed by atoms with E-state index >= 15 is 0 Å². The zero-order valence-corrected chi connectivity index (χ0v) is 18.1. The maximum Gasteiger partial charge on any atom is 0.259 e. The lowest BCUT2D eigenvalue weighted by Gasteiger charge is -2.15. The van der Waals surface area contributed by atoms with Gasteiger partial charge in [0, 0.05) is 38.5 Å². The van der Waals surface area contributed by atoms with Crippen molar-refractivity contribution in [1.82, 2.24) is 19.9 Å². The van der Waals surface area contributed by atoms with Crippen LogP contribution < -0.4 is 11.1 Å². The van der Waals surface area contributed by atoms with Gasteiger partial charge in [0.25, 0.3) is 5.91 Å². The van der Waals surface area contributed by atoms with Crippen LogP contribution in [0.5, 0.6) is 0 Å². The molecular formula is C25H19N5OS. The second-order valence-electron chi connectivity index (χ2n) is 7.41. The van der Waals surface area contributed by atoms with Gasteiger partial charge in [-0.2, -0.15) is 0 Å². The Morgan fingerprint density at radius 3 is 2.81 bits per heavy atom. The first kappa shape index (κ1) is 19.8. The summed E-state index contributed by atoms with van der Waals surface area (Å²) in [4.78, 5) is 18.5. The molecule has 6 nitrogen and oxygen atoms in total. The number of nitrogens with two attached hydrogens (primary N) is 1. The normalized spacial score (nSPS) is 12.0. The van der Waals surface area contributed by atoms with E-state index in [0.29, 0.717) is 5.65 Å². The van der Waals surface area contributed by atoms with Crippen LogP contribution in [0.4, 0.5) is 5.82 Å². The lowest BCUT2D eigenvalue weighted by atomic mass is 9.98. The van der Waals surface area contributed by atoms with Crippen molar-refractivity contribution in [2.75, 3.05) is 5.73 Å². The summed E-state index contributed by atoms with van der Waals surface area (Å²) in [6.45, 7) is 1.96. The number of hydrogen-bond acceptors (Lipinski definition) is 5. The number of aromatic nitrogens is 3. The third-order valence-electron chi connectivity index (χ3n) is 5.33. The van der Waals surface area contributed by atoms with Crippen LogP contribution in [-0.4, -0.2) is 20.5 Å². The van der Waals surface area contributed by atoms with E-state index in [9.17, 15) is 4.79 Å². The van der Waals surface area contributed by atoms with E-state index in [2.05, 4.69) is 33.5 Å². The fraction of sp³-hybridized carbons (Fsp3) is 0.0800. The van der Waals surface area contributed by atoms with Crippen molar-refractivity contribution in [3.8, 4) is 23.5 Å². The van der Waals surface area contributed by atoms with Crippen LogP contribution in [0.2, 0.25) is 0 Å². The van der Waals surface area contributed by atoms with E-state index in [1.165, 1.54) is 4.52 Å². The second kappa shape index (κ2) is 7.84. The highest BCUT2D eigenvalue weighted by Gasteiger charge is 2.24. The molecule has 156 valence electrons. The van der Waals surface area contributed by atoms with E-state index in [1.54, 1.807) is 29.8 Å². The Bertz CT molecular complexity index is 1510. The molecule has 5 rings (SSSR count). The summed E-state index contributed by atoms with van der Waals surface area (Å²) in [5.41, 5.74) is 9.69. The van der Waals surface area contributed by atoms with Gasteiger partial charge in [-0.25, -0.2) is 9.50 Å². The summed E-state index contributed by atoms with van der Waals surface area (Å²) in [5.74, 6) is 2.54. The Hall–Kier alpha value is -4.15. The number of rotatable bonds is 4. The number of nitrogen functional groups attached to an aromatic ring is 1. The number of nitrogens with zero attached hydrogens (tertiary/aromatic N) is 3. The summed E-state index contributed by atoms with van der Waals surface area (Å²) >= 11 is 1.64. The Kier molecular flexibility index (Phi) is 4.85. The number of amides is 1. The number of fused-ring (bicyclic) bond motifs is 2. The fourth-order valence-corrected chi connectivity index (χ4v) is 5.08. The second-order valence-corrected chi connectivity index (χ2v) is 8.49. The van der Waals surface area contributed by atoms with Gasteiger partial charge in [-0.1, -0.05) is 36.3 Å². The number of thiophene rings is 1. The van der Waals surface area contributed by atoms with E-state index in [0.717, 1.165) is 31.7 Å². The van der Waals surface area contributed by atoms with Gasteiger partial charge in [0.15, 0.2) is 11.5 Å². The van der Waals surface area contributed by atoms with Crippen LogP contribution in [0, 0.1) is 12.3 Å². The predicted octanol–water partition coefficient (Wildman–Crippen LogP) is 4.67. The summed E-state index contributed by atoms with van der Waals surface area (Å²) in [6.07, 6.45) is 8.97. The maximum atomic E-state index is 13.2. The molecule has 1 unspecified atom stereocenters. The topological polar surface area (TPSA) is 85.3 Å². The van der Waals surface area contributed by atoms with E-state index < -0.39 is 0 Å². The van der Waals surface area contributed by atoms with Crippen molar-refractivity contribution in [3.63, 3.8) is 0 Å². The van der Waals surface area contributed by atoms with E-state index in [4.69, 9.17) is 12.2 Å². The molecule has 5 aromatic rings. The average molecular weight is 438 g/mol. The summed E-state index contributed by atoms with van der Waals surface area (Å²) in [6, 6.07) is 17.6. The number of terminal acetylenes is 1. The number of hydrogen-bond donors (Lipinski definition) is 2. The van der Waals surface area contributed by atoms with Crippen LogP contribution in [0.25, 0.3) is 26.9 Å². The minimum Gasteiger partial charge on any atom is -0.381 e. The Morgan fingerprint density at radius 2 is 2.03 bits per heavy atom. The maximum absolute atomic E-state index is 13.2. The zero-order valence-electron chi connectivity index (χ0n) is 17.2. The first-order chi connectivity index (χ1) is 15.6. The van der Waals surface area contributed by atoms with Crippen LogP contribution >= 0.6 is 11.3 Å². The molecule has 0 aliphatic rings. The highest BCUT2D eigenvalue weighted by atomic mass is 32.1. The van der Waals surface area contributed by atoms with Gasteiger partial charge >= 0.3 is 0 Å². The number of nitrogens with one attached hydrogen (secondary N) is 1. The molecular weight excluding hydrogens is 418 g/mol. The third kappa shape index (κ3) is 3.27. The zero-order chi connectivity index (χ0) is 22.2. The Balaban J connectivity index is 1.59. The van der Waals surface area contributed by atoms with E-state index in [-0.39, 0.29) is 23.3 Å². The predicted molar refractivity (Wildman–Crippen MR) is 128 cm³/mol.